The number of aromatic amines is 1. The highest BCUT2D eigenvalue weighted by Gasteiger charge is 2.17. The van der Waals surface area contributed by atoms with E-state index in [-0.39, 0.29) is 0 Å². The molecule has 0 aliphatic carbocycles. The van der Waals surface area contributed by atoms with E-state index in [1.807, 2.05) is 18.2 Å². The van der Waals surface area contributed by atoms with Gasteiger partial charge in [-0.1, -0.05) is 30.4 Å². The van der Waals surface area contributed by atoms with Crippen LogP contribution >= 0.6 is 24.0 Å². The van der Waals surface area contributed by atoms with Crippen LogP contribution < -0.4 is 0 Å². The van der Waals surface area contributed by atoms with E-state index in [0.717, 1.165) is 17.0 Å². The van der Waals surface area contributed by atoms with Crippen molar-refractivity contribution in [3.8, 4) is 17.3 Å². The number of benzene rings is 1. The van der Waals surface area contributed by atoms with Crippen LogP contribution in [-0.2, 0) is 5.75 Å². The van der Waals surface area contributed by atoms with Gasteiger partial charge in [0.1, 0.15) is 10.7 Å². The molecule has 1 aromatic heterocycles. The number of H-pyrrole nitrogens is 1. The van der Waals surface area contributed by atoms with Crippen molar-refractivity contribution in [3.05, 3.63) is 46.1 Å². The lowest BCUT2D eigenvalue weighted by atomic mass is 10.0. The second kappa shape index (κ2) is 4.02. The molecule has 1 aliphatic rings. The van der Waals surface area contributed by atoms with Gasteiger partial charge in [0.2, 0.25) is 0 Å². The molecule has 2 heterocycles. The van der Waals surface area contributed by atoms with Crippen molar-refractivity contribution in [2.75, 3.05) is 0 Å². The second-order valence-electron chi connectivity index (χ2n) is 3.81. The lowest BCUT2D eigenvalue weighted by Crippen LogP contribution is -2.00. The first-order valence-electron chi connectivity index (χ1n) is 5.18. The fourth-order valence-electron chi connectivity index (χ4n) is 1.96. The van der Waals surface area contributed by atoms with Gasteiger partial charge in [-0.25, -0.2) is 0 Å². The molecule has 0 radical (unpaired) electrons. The quantitative estimate of drug-likeness (QED) is 0.727. The number of pyridine rings is 1. The van der Waals surface area contributed by atoms with Crippen LogP contribution in [-0.4, -0.2) is 4.98 Å². The van der Waals surface area contributed by atoms with Gasteiger partial charge in [0.25, 0.3) is 0 Å². The first-order valence-corrected chi connectivity index (χ1v) is 6.57. The van der Waals surface area contributed by atoms with Crippen LogP contribution in [0.15, 0.2) is 35.2 Å². The van der Waals surface area contributed by atoms with E-state index >= 15 is 0 Å². The summed E-state index contributed by atoms with van der Waals surface area (Å²) < 4.78 is 0.521. The van der Waals surface area contributed by atoms with Crippen molar-refractivity contribution in [2.24, 2.45) is 0 Å². The molecule has 0 saturated heterocycles. The number of fused-ring (bicyclic) bond motifs is 3. The van der Waals surface area contributed by atoms with Gasteiger partial charge in [-0.15, -0.1) is 11.8 Å². The van der Waals surface area contributed by atoms with Crippen LogP contribution in [0.4, 0.5) is 0 Å². The van der Waals surface area contributed by atoms with Crippen LogP contribution in [0.5, 0.6) is 0 Å². The molecule has 4 heteroatoms. The zero-order valence-electron chi connectivity index (χ0n) is 8.86. The fraction of sp³-hybridized carbons (Fsp3) is 0.0769. The number of thioether (sulfide) groups is 1. The lowest BCUT2D eigenvalue weighted by Gasteiger charge is -2.19. The molecule has 1 N–H and O–H groups in total. The van der Waals surface area contributed by atoms with Gasteiger partial charge >= 0.3 is 0 Å². The number of aromatic nitrogens is 1. The molecule has 82 valence electrons. The monoisotopic (exact) mass is 256 g/mol. The first kappa shape index (κ1) is 10.6. The summed E-state index contributed by atoms with van der Waals surface area (Å²) in [7, 11) is 0. The summed E-state index contributed by atoms with van der Waals surface area (Å²) in [6, 6.07) is 12.3. The summed E-state index contributed by atoms with van der Waals surface area (Å²) in [4.78, 5) is 4.44. The van der Waals surface area contributed by atoms with Crippen molar-refractivity contribution in [1.82, 2.24) is 4.98 Å². The van der Waals surface area contributed by atoms with Crippen molar-refractivity contribution in [3.63, 3.8) is 0 Å². The van der Waals surface area contributed by atoms with Crippen LogP contribution in [0.25, 0.3) is 11.3 Å². The molecule has 0 saturated carbocycles. The number of nitrogens with one attached hydrogen (secondary N) is 1. The van der Waals surface area contributed by atoms with Crippen LogP contribution in [0.2, 0.25) is 0 Å². The van der Waals surface area contributed by atoms with E-state index < -0.39 is 0 Å². The van der Waals surface area contributed by atoms with Crippen molar-refractivity contribution in [2.45, 2.75) is 10.6 Å². The van der Waals surface area contributed by atoms with E-state index in [4.69, 9.17) is 17.5 Å². The Balaban J connectivity index is 2.31. The van der Waals surface area contributed by atoms with Gasteiger partial charge in [0.05, 0.1) is 11.3 Å². The molecule has 1 aliphatic heterocycles. The Morgan fingerprint density at radius 1 is 1.35 bits per heavy atom. The molecule has 0 fully saturated rings. The third-order valence-corrected chi connectivity index (χ3v) is 4.23. The van der Waals surface area contributed by atoms with Crippen molar-refractivity contribution in [1.29, 1.82) is 5.26 Å². The summed E-state index contributed by atoms with van der Waals surface area (Å²) in [5, 5.41) is 8.97. The SMILES string of the molecule is N#Cc1cc2c([nH]c1=S)-c1ccccc1SC2. The summed E-state index contributed by atoms with van der Waals surface area (Å²) in [5.74, 6) is 0.882. The summed E-state index contributed by atoms with van der Waals surface area (Å²) in [5.41, 5.74) is 3.94. The molecule has 0 spiro atoms. The Kier molecular flexibility index (Phi) is 2.50. The first-order chi connectivity index (χ1) is 8.29. The van der Waals surface area contributed by atoms with E-state index in [9.17, 15) is 0 Å². The predicted octanol–water partition coefficient (Wildman–Crippen LogP) is 3.89. The second-order valence-corrected chi connectivity index (χ2v) is 5.23. The Hall–Kier alpha value is -1.57. The highest BCUT2D eigenvalue weighted by molar-refractivity contribution is 7.98. The average Bonchev–Trinajstić information content (AvgIpc) is 2.38. The Labute approximate surface area is 108 Å². The molecule has 0 atom stereocenters. The summed E-state index contributed by atoms with van der Waals surface area (Å²) in [6.07, 6.45) is 0. The van der Waals surface area contributed by atoms with Gasteiger partial charge in [0, 0.05) is 16.2 Å². The minimum absolute atomic E-state index is 0.521. The number of rotatable bonds is 0. The van der Waals surface area contributed by atoms with Gasteiger partial charge in [0.15, 0.2) is 0 Å². The smallest absolute Gasteiger partial charge is 0.121 e. The number of nitrogens with zero attached hydrogens (tertiary/aromatic N) is 1. The molecule has 0 unspecified atom stereocenters. The van der Waals surface area contributed by atoms with E-state index in [1.54, 1.807) is 11.8 Å². The third-order valence-electron chi connectivity index (χ3n) is 2.78. The van der Waals surface area contributed by atoms with Crippen molar-refractivity contribution >= 4 is 24.0 Å². The fourth-order valence-corrected chi connectivity index (χ4v) is 3.21. The van der Waals surface area contributed by atoms with Gasteiger partial charge < -0.3 is 4.98 Å². The van der Waals surface area contributed by atoms with E-state index in [0.29, 0.717) is 10.2 Å². The molecule has 3 rings (SSSR count). The normalized spacial score (nSPS) is 12.4. The van der Waals surface area contributed by atoms with Gasteiger partial charge in [-0.3, -0.25) is 0 Å². The topological polar surface area (TPSA) is 39.6 Å². The molecule has 0 amide bonds. The Morgan fingerprint density at radius 2 is 2.18 bits per heavy atom. The van der Waals surface area contributed by atoms with Crippen LogP contribution in [0.3, 0.4) is 0 Å². The zero-order valence-corrected chi connectivity index (χ0v) is 10.5. The average molecular weight is 256 g/mol. The molecular formula is C13H8N2S2. The maximum absolute atomic E-state index is 8.97. The maximum Gasteiger partial charge on any atom is 0.121 e. The van der Waals surface area contributed by atoms with Crippen LogP contribution in [0.1, 0.15) is 11.1 Å². The van der Waals surface area contributed by atoms with E-state index in [1.165, 1.54) is 10.5 Å². The minimum Gasteiger partial charge on any atom is -0.345 e. The molecular weight excluding hydrogens is 248 g/mol. The molecule has 2 aromatic rings. The maximum atomic E-state index is 8.97. The molecule has 17 heavy (non-hydrogen) atoms. The number of hydrogen-bond acceptors (Lipinski definition) is 3. The summed E-state index contributed by atoms with van der Waals surface area (Å²) in [6.45, 7) is 0. The standard InChI is InChI=1S/C13H8N2S2/c14-6-8-5-9-7-17-11-4-2-1-3-10(11)12(9)15-13(8)16/h1-5H,7H2,(H,15,16). The Bertz CT molecular complexity index is 695. The van der Waals surface area contributed by atoms with Gasteiger partial charge in [-0.05, 0) is 17.7 Å². The minimum atomic E-state index is 0.521. The Morgan fingerprint density at radius 3 is 3.00 bits per heavy atom. The number of hydrogen-bond donors (Lipinski definition) is 1. The van der Waals surface area contributed by atoms with E-state index in [2.05, 4.69) is 23.2 Å². The third kappa shape index (κ3) is 1.68. The van der Waals surface area contributed by atoms with Gasteiger partial charge in [-0.2, -0.15) is 5.26 Å². The number of nitriles is 1. The van der Waals surface area contributed by atoms with Crippen molar-refractivity contribution < 1.29 is 0 Å². The largest absolute Gasteiger partial charge is 0.345 e. The van der Waals surface area contributed by atoms with Crippen LogP contribution in [0, 0.1) is 16.0 Å². The molecule has 1 aromatic carbocycles. The molecule has 2 nitrogen and oxygen atoms in total. The highest BCUT2D eigenvalue weighted by atomic mass is 32.2. The zero-order chi connectivity index (χ0) is 11.8. The lowest BCUT2D eigenvalue weighted by molar-refractivity contribution is 1.18. The predicted molar refractivity (Wildman–Crippen MR) is 71.3 cm³/mol. The molecule has 0 bridgehead atoms. The summed E-state index contributed by atoms with van der Waals surface area (Å²) >= 11 is 6.97. The highest BCUT2D eigenvalue weighted by Crippen LogP contribution is 2.40.